The number of ether oxygens (including phenoxy) is 1. The van der Waals surface area contributed by atoms with E-state index in [0.717, 1.165) is 31.1 Å². The number of likely N-dealkylation sites (tertiary alicyclic amines) is 2. The van der Waals surface area contributed by atoms with Gasteiger partial charge in [0.2, 0.25) is 5.95 Å². The van der Waals surface area contributed by atoms with E-state index in [2.05, 4.69) is 19.9 Å². The second kappa shape index (κ2) is 13.1. The first-order chi connectivity index (χ1) is 22.4. The van der Waals surface area contributed by atoms with E-state index < -0.39 is 23.8 Å². The second-order valence-electron chi connectivity index (χ2n) is 14.3. The van der Waals surface area contributed by atoms with Crippen molar-refractivity contribution < 1.29 is 24.2 Å². The summed E-state index contributed by atoms with van der Waals surface area (Å²) in [5.41, 5.74) is 1.07. The molecule has 3 amide bonds. The number of hydrogen-bond donors (Lipinski definition) is 2. The Morgan fingerprint density at radius 3 is 2.40 bits per heavy atom. The van der Waals surface area contributed by atoms with Crippen LogP contribution in [0, 0.1) is 5.92 Å². The second-order valence-corrected chi connectivity index (χ2v) is 14.3. The minimum Gasteiger partial charge on any atom is -0.444 e. The zero-order valence-electron chi connectivity index (χ0n) is 28.0. The van der Waals surface area contributed by atoms with Gasteiger partial charge in [0, 0.05) is 63.5 Å². The number of carbonyl (C=O) groups is 3. The van der Waals surface area contributed by atoms with Crippen LogP contribution in [0.5, 0.6) is 0 Å². The molecule has 0 aromatic carbocycles. The first-order valence-corrected chi connectivity index (χ1v) is 16.7. The van der Waals surface area contributed by atoms with Crippen LogP contribution in [0.4, 0.5) is 16.6 Å². The quantitative estimate of drug-likeness (QED) is 0.380. The molecule has 1 saturated carbocycles. The van der Waals surface area contributed by atoms with Crippen LogP contribution in [0.3, 0.4) is 0 Å². The number of piperidine rings is 2. The van der Waals surface area contributed by atoms with Crippen LogP contribution in [-0.2, 0) is 4.74 Å². The molecule has 3 fully saturated rings. The predicted molar refractivity (Wildman–Crippen MR) is 177 cm³/mol. The van der Waals surface area contributed by atoms with Gasteiger partial charge < -0.3 is 34.4 Å². The molecule has 6 rings (SSSR count). The van der Waals surface area contributed by atoms with Gasteiger partial charge in [0.05, 0.1) is 17.7 Å². The Hall–Kier alpha value is -4.26. The lowest BCUT2D eigenvalue weighted by atomic mass is 9.83. The van der Waals surface area contributed by atoms with Gasteiger partial charge >= 0.3 is 6.09 Å². The van der Waals surface area contributed by atoms with Crippen molar-refractivity contribution in [3.63, 3.8) is 0 Å². The molecule has 2 saturated heterocycles. The lowest BCUT2D eigenvalue weighted by Crippen LogP contribution is -2.65. The largest absolute Gasteiger partial charge is 0.444 e. The number of aliphatic hydroxyl groups excluding tert-OH is 1. The van der Waals surface area contributed by atoms with E-state index in [1.807, 2.05) is 26.8 Å². The molecule has 1 aliphatic carbocycles. The van der Waals surface area contributed by atoms with Gasteiger partial charge in [-0.15, -0.1) is 0 Å². The zero-order chi connectivity index (χ0) is 33.5. The molecule has 47 heavy (non-hydrogen) atoms. The van der Waals surface area contributed by atoms with Crippen LogP contribution in [0.2, 0.25) is 0 Å². The summed E-state index contributed by atoms with van der Waals surface area (Å²) in [4.78, 5) is 58.3. The Morgan fingerprint density at radius 2 is 1.74 bits per heavy atom. The molecule has 3 unspecified atom stereocenters. The van der Waals surface area contributed by atoms with Crippen LogP contribution in [0.1, 0.15) is 92.6 Å². The highest BCUT2D eigenvalue weighted by Gasteiger charge is 2.46. The summed E-state index contributed by atoms with van der Waals surface area (Å²) in [6.07, 6.45) is 9.25. The summed E-state index contributed by atoms with van der Waals surface area (Å²) in [5, 5.41) is 14.9. The standard InChI is InChI=1S/C34H46N8O5/c1-34(2,3)47-33(46)41-15-14-22-19-40(20-26(41)28(22)43)30(44)21-12-13-27(35-17-21)37-32-36-18-23-16-25(31(45)39(4)5)42(29(23)38-32)24-10-8-6-7-9-11-24/h12-13,16-18,22,24,26,28,43H,6-11,14-15,19-20H2,1-5H3,(H,35,36,37,38). The van der Waals surface area contributed by atoms with Crippen molar-refractivity contribution in [3.05, 3.63) is 41.9 Å². The fourth-order valence-electron chi connectivity index (χ4n) is 7.08. The first-order valence-electron chi connectivity index (χ1n) is 16.7. The maximum atomic E-state index is 13.6. The number of nitrogens with one attached hydrogen (secondary N) is 1. The van der Waals surface area contributed by atoms with E-state index in [0.29, 0.717) is 48.2 Å². The summed E-state index contributed by atoms with van der Waals surface area (Å²) in [6, 6.07) is 4.94. The van der Waals surface area contributed by atoms with Gasteiger partial charge in [-0.25, -0.2) is 14.8 Å². The summed E-state index contributed by atoms with van der Waals surface area (Å²) >= 11 is 0. The Balaban J connectivity index is 1.18. The van der Waals surface area contributed by atoms with E-state index in [1.165, 1.54) is 19.0 Å². The lowest BCUT2D eigenvalue weighted by molar-refractivity contribution is -0.0796. The molecule has 2 aliphatic heterocycles. The fraction of sp³-hybridized carbons (Fsp3) is 0.588. The van der Waals surface area contributed by atoms with Gasteiger partial charge in [0.25, 0.3) is 11.8 Å². The van der Waals surface area contributed by atoms with Gasteiger partial charge in [0.15, 0.2) is 0 Å². The maximum Gasteiger partial charge on any atom is 0.410 e. The molecule has 0 radical (unpaired) electrons. The molecule has 2 N–H and O–H groups in total. The molecular weight excluding hydrogens is 600 g/mol. The molecule has 3 aromatic rings. The van der Waals surface area contributed by atoms with E-state index >= 15 is 0 Å². The number of hydrogen-bond acceptors (Lipinski definition) is 9. The number of anilines is 2. The Morgan fingerprint density at radius 1 is 1.00 bits per heavy atom. The smallest absolute Gasteiger partial charge is 0.410 e. The highest BCUT2D eigenvalue weighted by molar-refractivity contribution is 5.98. The lowest BCUT2D eigenvalue weighted by Gasteiger charge is -2.50. The summed E-state index contributed by atoms with van der Waals surface area (Å²) in [5.74, 6) is 0.422. The van der Waals surface area contributed by atoms with Crippen molar-refractivity contribution >= 4 is 40.7 Å². The van der Waals surface area contributed by atoms with Gasteiger partial charge in [-0.3, -0.25) is 9.59 Å². The highest BCUT2D eigenvalue weighted by atomic mass is 16.6. The van der Waals surface area contributed by atoms with E-state index in [-0.39, 0.29) is 30.3 Å². The SMILES string of the molecule is CN(C)C(=O)c1cc2cnc(Nc3ccc(C(=O)N4CC5CCN(C(=O)OC(C)(C)C)C(C4)C5O)cn3)nc2n1C1CCCCCC1. The fourth-order valence-corrected chi connectivity index (χ4v) is 7.08. The number of carbonyl (C=O) groups excluding carboxylic acids is 3. The van der Waals surface area contributed by atoms with Crippen molar-refractivity contribution in [1.29, 1.82) is 0 Å². The molecular formula is C34H46N8O5. The predicted octanol–water partition coefficient (Wildman–Crippen LogP) is 4.61. The number of aromatic nitrogens is 4. The van der Waals surface area contributed by atoms with Crippen molar-refractivity contribution in [2.75, 3.05) is 39.0 Å². The number of fused-ring (bicyclic) bond motifs is 3. The molecule has 5 heterocycles. The number of aliphatic hydroxyl groups is 1. The molecule has 2 bridgehead atoms. The van der Waals surface area contributed by atoms with Crippen molar-refractivity contribution in [2.45, 2.75) is 89.5 Å². The number of amides is 3. The van der Waals surface area contributed by atoms with Crippen molar-refractivity contribution in [2.24, 2.45) is 5.92 Å². The highest BCUT2D eigenvalue weighted by Crippen LogP contribution is 2.34. The minimum atomic E-state index is -0.719. The Bertz CT molecular complexity index is 1620. The van der Waals surface area contributed by atoms with Crippen LogP contribution >= 0.6 is 0 Å². The summed E-state index contributed by atoms with van der Waals surface area (Å²) < 4.78 is 7.67. The van der Waals surface area contributed by atoms with Gasteiger partial charge in [-0.05, 0) is 58.2 Å². The van der Waals surface area contributed by atoms with Gasteiger partial charge in [0.1, 0.15) is 22.8 Å². The molecule has 0 spiro atoms. The van der Waals surface area contributed by atoms with Crippen molar-refractivity contribution in [1.82, 2.24) is 34.2 Å². The molecule has 13 nitrogen and oxygen atoms in total. The minimum absolute atomic E-state index is 0.0620. The van der Waals surface area contributed by atoms with E-state index in [4.69, 9.17) is 9.72 Å². The van der Waals surface area contributed by atoms with Crippen LogP contribution in [0.25, 0.3) is 11.0 Å². The Labute approximate surface area is 275 Å². The number of rotatable bonds is 5. The average Bonchev–Trinajstić information content (AvgIpc) is 3.17. The van der Waals surface area contributed by atoms with Gasteiger partial charge in [-0.1, -0.05) is 25.7 Å². The molecule has 3 aromatic heterocycles. The van der Waals surface area contributed by atoms with Crippen molar-refractivity contribution in [3.8, 4) is 0 Å². The molecule has 13 heteroatoms. The van der Waals surface area contributed by atoms with Crippen LogP contribution < -0.4 is 5.32 Å². The number of pyridine rings is 1. The monoisotopic (exact) mass is 646 g/mol. The molecule has 3 atom stereocenters. The van der Waals surface area contributed by atoms with E-state index in [9.17, 15) is 19.5 Å². The van der Waals surface area contributed by atoms with Gasteiger partial charge in [-0.2, -0.15) is 4.98 Å². The molecule has 252 valence electrons. The zero-order valence-corrected chi connectivity index (χ0v) is 28.0. The number of nitrogens with zero attached hydrogens (tertiary/aromatic N) is 7. The first kappa shape index (κ1) is 32.7. The average molecular weight is 647 g/mol. The third-order valence-corrected chi connectivity index (χ3v) is 9.44. The van der Waals surface area contributed by atoms with Crippen LogP contribution in [0.15, 0.2) is 30.6 Å². The molecule has 3 aliphatic rings. The third-order valence-electron chi connectivity index (χ3n) is 9.44. The normalized spacial score (nSPS) is 22.1. The summed E-state index contributed by atoms with van der Waals surface area (Å²) in [7, 11) is 3.52. The maximum absolute atomic E-state index is 13.6. The van der Waals surface area contributed by atoms with E-state index in [1.54, 1.807) is 47.1 Å². The topological polar surface area (TPSA) is 146 Å². The van der Waals surface area contributed by atoms with Crippen LogP contribution in [-0.4, -0.2) is 109 Å². The Kier molecular flexibility index (Phi) is 9.10. The summed E-state index contributed by atoms with van der Waals surface area (Å²) in [6.45, 7) is 6.52. The third kappa shape index (κ3) is 6.90.